The highest BCUT2D eigenvalue weighted by Gasteiger charge is 2.27. The SMILES string of the molecule is CCC#Cc1cnc(/C(N)=C/NCC2OCC(C)(C)CO2)c(C)c1. The minimum atomic E-state index is -0.247. The number of rotatable bonds is 4. The van der Waals surface area contributed by atoms with Crippen molar-refractivity contribution in [3.05, 3.63) is 35.3 Å². The van der Waals surface area contributed by atoms with Gasteiger partial charge in [-0.05, 0) is 18.6 Å². The molecular weight excluding hydrogens is 302 g/mol. The maximum absolute atomic E-state index is 6.12. The summed E-state index contributed by atoms with van der Waals surface area (Å²) in [6.07, 6.45) is 4.08. The van der Waals surface area contributed by atoms with Crippen LogP contribution in [0.5, 0.6) is 0 Å². The average Bonchev–Trinajstić information content (AvgIpc) is 2.54. The van der Waals surface area contributed by atoms with E-state index in [9.17, 15) is 0 Å². The lowest BCUT2D eigenvalue weighted by Crippen LogP contribution is -2.41. The second-order valence-corrected chi connectivity index (χ2v) is 6.77. The maximum atomic E-state index is 6.12. The number of nitrogens with one attached hydrogen (secondary N) is 1. The number of pyridine rings is 1. The second-order valence-electron chi connectivity index (χ2n) is 6.77. The summed E-state index contributed by atoms with van der Waals surface area (Å²) in [6, 6.07) is 2.00. The summed E-state index contributed by atoms with van der Waals surface area (Å²) in [7, 11) is 0. The van der Waals surface area contributed by atoms with E-state index >= 15 is 0 Å². The van der Waals surface area contributed by atoms with Crippen LogP contribution in [0.25, 0.3) is 5.70 Å². The minimum Gasteiger partial charge on any atom is -0.396 e. The first-order valence-electron chi connectivity index (χ1n) is 8.29. The van der Waals surface area contributed by atoms with Crippen LogP contribution in [0, 0.1) is 24.2 Å². The Balaban J connectivity index is 1.91. The van der Waals surface area contributed by atoms with Crippen molar-refractivity contribution in [2.24, 2.45) is 11.1 Å². The highest BCUT2D eigenvalue weighted by molar-refractivity contribution is 5.62. The van der Waals surface area contributed by atoms with Crippen molar-refractivity contribution in [1.82, 2.24) is 10.3 Å². The molecule has 0 atom stereocenters. The van der Waals surface area contributed by atoms with Crippen molar-refractivity contribution in [2.75, 3.05) is 19.8 Å². The van der Waals surface area contributed by atoms with Gasteiger partial charge in [-0.1, -0.05) is 32.6 Å². The molecule has 2 heterocycles. The molecule has 1 fully saturated rings. The Labute approximate surface area is 144 Å². The van der Waals surface area contributed by atoms with Crippen LogP contribution in [-0.2, 0) is 9.47 Å². The molecule has 1 aromatic heterocycles. The van der Waals surface area contributed by atoms with E-state index in [1.165, 1.54) is 0 Å². The van der Waals surface area contributed by atoms with Gasteiger partial charge in [-0.3, -0.25) is 4.98 Å². The molecule has 1 saturated heterocycles. The normalized spacial score (nSPS) is 17.9. The fraction of sp³-hybridized carbons (Fsp3) is 0.526. The van der Waals surface area contributed by atoms with Crippen LogP contribution in [0.4, 0.5) is 0 Å². The predicted molar refractivity (Wildman–Crippen MR) is 95.8 cm³/mol. The van der Waals surface area contributed by atoms with Gasteiger partial charge in [0.1, 0.15) is 0 Å². The molecule has 3 N–H and O–H groups in total. The molecule has 0 aliphatic carbocycles. The van der Waals surface area contributed by atoms with Crippen molar-refractivity contribution in [1.29, 1.82) is 0 Å². The van der Waals surface area contributed by atoms with Crippen LogP contribution in [0.2, 0.25) is 0 Å². The molecule has 0 spiro atoms. The molecule has 130 valence electrons. The van der Waals surface area contributed by atoms with Gasteiger partial charge in [0.2, 0.25) is 0 Å². The maximum Gasteiger partial charge on any atom is 0.174 e. The van der Waals surface area contributed by atoms with Gasteiger partial charge in [0.05, 0.1) is 31.1 Å². The summed E-state index contributed by atoms with van der Waals surface area (Å²) < 4.78 is 11.3. The van der Waals surface area contributed by atoms with Crippen molar-refractivity contribution < 1.29 is 9.47 Å². The molecule has 0 unspecified atom stereocenters. The third-order valence-electron chi connectivity index (χ3n) is 3.62. The third-order valence-corrected chi connectivity index (χ3v) is 3.62. The van der Waals surface area contributed by atoms with E-state index in [1.54, 1.807) is 12.4 Å². The van der Waals surface area contributed by atoms with Gasteiger partial charge in [-0.15, -0.1) is 0 Å². The number of aromatic nitrogens is 1. The van der Waals surface area contributed by atoms with Crippen molar-refractivity contribution >= 4 is 5.70 Å². The van der Waals surface area contributed by atoms with Gasteiger partial charge in [-0.2, -0.15) is 0 Å². The van der Waals surface area contributed by atoms with Crippen LogP contribution in [0.1, 0.15) is 44.0 Å². The van der Waals surface area contributed by atoms with Gasteiger partial charge in [-0.25, -0.2) is 0 Å². The Hall–Kier alpha value is -2.03. The second kappa shape index (κ2) is 8.18. The molecule has 0 radical (unpaired) electrons. The van der Waals surface area contributed by atoms with E-state index in [2.05, 4.69) is 36.0 Å². The zero-order valence-corrected chi connectivity index (χ0v) is 15.0. The Bertz CT molecular complexity index is 646. The number of aryl methyl sites for hydroxylation is 1. The number of nitrogens with two attached hydrogens (primary N) is 1. The molecule has 24 heavy (non-hydrogen) atoms. The third kappa shape index (κ3) is 5.26. The largest absolute Gasteiger partial charge is 0.396 e. The van der Waals surface area contributed by atoms with E-state index in [0.29, 0.717) is 25.5 Å². The molecule has 1 aliphatic heterocycles. The van der Waals surface area contributed by atoms with Gasteiger partial charge in [0.25, 0.3) is 0 Å². The van der Waals surface area contributed by atoms with E-state index in [0.717, 1.165) is 23.2 Å². The Morgan fingerprint density at radius 1 is 1.46 bits per heavy atom. The van der Waals surface area contributed by atoms with Crippen LogP contribution in [0.3, 0.4) is 0 Å². The van der Waals surface area contributed by atoms with E-state index in [-0.39, 0.29) is 11.7 Å². The smallest absolute Gasteiger partial charge is 0.174 e. The van der Waals surface area contributed by atoms with E-state index in [1.807, 2.05) is 19.9 Å². The van der Waals surface area contributed by atoms with Gasteiger partial charge in [0, 0.05) is 29.8 Å². The number of nitrogens with zero attached hydrogens (tertiary/aromatic N) is 1. The standard InChI is InChI=1S/C19H27N3O2/c1-5-6-7-15-8-14(2)18(22-9-15)16(20)10-21-11-17-23-12-19(3,4)13-24-17/h8-10,17,21H,5,11-13,20H2,1-4H3/b16-10-. The molecule has 2 rings (SSSR count). The lowest BCUT2D eigenvalue weighted by molar-refractivity contribution is -0.217. The van der Waals surface area contributed by atoms with Crippen LogP contribution < -0.4 is 11.1 Å². The molecule has 5 nitrogen and oxygen atoms in total. The van der Waals surface area contributed by atoms with Crippen LogP contribution in [-0.4, -0.2) is 31.0 Å². The lowest BCUT2D eigenvalue weighted by atomic mass is 9.96. The molecule has 0 amide bonds. The fourth-order valence-corrected chi connectivity index (χ4v) is 2.31. The highest BCUT2D eigenvalue weighted by atomic mass is 16.7. The summed E-state index contributed by atoms with van der Waals surface area (Å²) >= 11 is 0. The van der Waals surface area contributed by atoms with Gasteiger partial charge < -0.3 is 20.5 Å². The Kier molecular flexibility index (Phi) is 6.24. The molecule has 1 aromatic rings. The zero-order valence-electron chi connectivity index (χ0n) is 15.0. The summed E-state index contributed by atoms with van der Waals surface area (Å²) in [6.45, 7) is 10.2. The zero-order chi connectivity index (χ0) is 17.6. The minimum absolute atomic E-state index is 0.0782. The first-order chi connectivity index (χ1) is 11.4. The monoisotopic (exact) mass is 329 g/mol. The topological polar surface area (TPSA) is 69.4 Å². The van der Waals surface area contributed by atoms with Crippen molar-refractivity contribution in [3.63, 3.8) is 0 Å². The van der Waals surface area contributed by atoms with Crippen molar-refractivity contribution in [3.8, 4) is 11.8 Å². The summed E-state index contributed by atoms with van der Waals surface area (Å²) in [5.41, 5.74) is 9.45. The van der Waals surface area contributed by atoms with Crippen LogP contribution in [0.15, 0.2) is 18.5 Å². The summed E-state index contributed by atoms with van der Waals surface area (Å²) in [5, 5.41) is 3.15. The lowest BCUT2D eigenvalue weighted by Gasteiger charge is -2.34. The number of hydrogen-bond donors (Lipinski definition) is 2. The quantitative estimate of drug-likeness (QED) is 0.830. The molecule has 5 heteroatoms. The Morgan fingerprint density at radius 3 is 2.79 bits per heavy atom. The van der Waals surface area contributed by atoms with E-state index < -0.39 is 0 Å². The molecule has 0 aromatic carbocycles. The molecular formula is C19H27N3O2. The summed E-state index contributed by atoms with van der Waals surface area (Å²) in [4.78, 5) is 4.42. The Morgan fingerprint density at radius 2 is 2.17 bits per heavy atom. The molecule has 0 saturated carbocycles. The molecule has 1 aliphatic rings. The number of hydrogen-bond acceptors (Lipinski definition) is 5. The number of ether oxygens (including phenoxy) is 2. The van der Waals surface area contributed by atoms with Crippen molar-refractivity contribution in [2.45, 2.75) is 40.4 Å². The van der Waals surface area contributed by atoms with Gasteiger partial charge in [0.15, 0.2) is 6.29 Å². The average molecular weight is 329 g/mol. The summed E-state index contributed by atoms with van der Waals surface area (Å²) in [5.74, 6) is 6.11. The first-order valence-corrected chi connectivity index (χ1v) is 8.29. The highest BCUT2D eigenvalue weighted by Crippen LogP contribution is 2.22. The first kappa shape index (κ1) is 18.3. The van der Waals surface area contributed by atoms with E-state index in [4.69, 9.17) is 15.2 Å². The van der Waals surface area contributed by atoms with Crippen LogP contribution >= 0.6 is 0 Å². The fourth-order valence-electron chi connectivity index (χ4n) is 2.31. The molecule has 0 bridgehead atoms. The predicted octanol–water partition coefficient (Wildman–Crippen LogP) is 2.40. The van der Waals surface area contributed by atoms with Gasteiger partial charge >= 0.3 is 0 Å².